The average molecular weight is 245 g/mol. The van der Waals surface area contributed by atoms with Crippen molar-refractivity contribution in [1.82, 2.24) is 5.32 Å². The van der Waals surface area contributed by atoms with Crippen LogP contribution in [0.15, 0.2) is 0 Å². The van der Waals surface area contributed by atoms with Crippen molar-refractivity contribution in [1.29, 1.82) is 0 Å². The summed E-state index contributed by atoms with van der Waals surface area (Å²) in [5.41, 5.74) is -0.790. The minimum absolute atomic E-state index is 0.241. The van der Waals surface area contributed by atoms with Crippen LogP contribution in [0.5, 0.6) is 0 Å². The summed E-state index contributed by atoms with van der Waals surface area (Å²) in [6.07, 6.45) is 1.71. The Bertz CT molecular complexity index is 213. The molecule has 102 valence electrons. The van der Waals surface area contributed by atoms with Gasteiger partial charge in [0.1, 0.15) is 0 Å². The van der Waals surface area contributed by atoms with Crippen LogP contribution in [0.2, 0.25) is 0 Å². The fourth-order valence-electron chi connectivity index (χ4n) is 2.41. The summed E-state index contributed by atoms with van der Waals surface area (Å²) >= 11 is 0. The molecule has 17 heavy (non-hydrogen) atoms. The van der Waals surface area contributed by atoms with E-state index in [0.717, 1.165) is 26.1 Å². The second-order valence-corrected chi connectivity index (χ2v) is 5.66. The van der Waals surface area contributed by atoms with Crippen molar-refractivity contribution >= 4 is 0 Å². The molecule has 0 aromatic heterocycles. The van der Waals surface area contributed by atoms with E-state index in [0.29, 0.717) is 19.0 Å². The highest BCUT2D eigenvalue weighted by molar-refractivity contribution is 4.86. The van der Waals surface area contributed by atoms with Crippen LogP contribution < -0.4 is 5.32 Å². The Morgan fingerprint density at radius 3 is 2.47 bits per heavy atom. The summed E-state index contributed by atoms with van der Waals surface area (Å²) in [5, 5.41) is 23.5. The van der Waals surface area contributed by atoms with Crippen molar-refractivity contribution in [2.75, 3.05) is 19.8 Å². The van der Waals surface area contributed by atoms with Crippen LogP contribution in [0.3, 0.4) is 0 Å². The van der Waals surface area contributed by atoms with Crippen molar-refractivity contribution in [3.8, 4) is 0 Å². The van der Waals surface area contributed by atoms with Crippen LogP contribution in [0.25, 0.3) is 0 Å². The molecule has 1 aliphatic rings. The molecular formula is C13H27NO3. The Kier molecular flexibility index (Phi) is 5.86. The molecule has 0 amide bonds. The van der Waals surface area contributed by atoms with Crippen LogP contribution in [0.1, 0.15) is 40.0 Å². The minimum Gasteiger partial charge on any atom is -0.392 e. The zero-order chi connectivity index (χ0) is 12.9. The van der Waals surface area contributed by atoms with E-state index in [2.05, 4.69) is 5.32 Å². The van der Waals surface area contributed by atoms with Crippen molar-refractivity contribution in [2.45, 2.75) is 57.8 Å². The van der Waals surface area contributed by atoms with Crippen LogP contribution in [0, 0.1) is 5.92 Å². The summed E-state index contributed by atoms with van der Waals surface area (Å²) in [5.74, 6) is 0.241. The maximum atomic E-state index is 10.4. The molecule has 0 saturated carbocycles. The number of rotatable bonds is 6. The Morgan fingerprint density at radius 1 is 1.35 bits per heavy atom. The van der Waals surface area contributed by atoms with E-state index < -0.39 is 11.7 Å². The Morgan fingerprint density at radius 2 is 1.94 bits per heavy atom. The third kappa shape index (κ3) is 5.34. The Labute approximate surface area is 104 Å². The maximum absolute atomic E-state index is 10.4. The van der Waals surface area contributed by atoms with Crippen LogP contribution >= 0.6 is 0 Å². The van der Waals surface area contributed by atoms with Gasteiger partial charge in [-0.2, -0.15) is 0 Å². The van der Waals surface area contributed by atoms with E-state index in [-0.39, 0.29) is 5.92 Å². The molecule has 2 atom stereocenters. The topological polar surface area (TPSA) is 61.7 Å². The molecule has 0 aromatic carbocycles. The average Bonchev–Trinajstić information content (AvgIpc) is 2.27. The fourth-order valence-corrected chi connectivity index (χ4v) is 2.41. The van der Waals surface area contributed by atoms with Crippen LogP contribution in [0.4, 0.5) is 0 Å². The second kappa shape index (κ2) is 6.69. The molecule has 4 nitrogen and oxygen atoms in total. The van der Waals surface area contributed by atoms with Crippen molar-refractivity contribution in [2.24, 2.45) is 5.92 Å². The van der Waals surface area contributed by atoms with Crippen molar-refractivity contribution < 1.29 is 14.9 Å². The van der Waals surface area contributed by atoms with Gasteiger partial charge in [0.05, 0.1) is 11.7 Å². The van der Waals surface area contributed by atoms with Gasteiger partial charge in [-0.1, -0.05) is 13.8 Å². The molecule has 0 spiro atoms. The van der Waals surface area contributed by atoms with Gasteiger partial charge >= 0.3 is 0 Å². The molecule has 4 heteroatoms. The van der Waals surface area contributed by atoms with Gasteiger partial charge in [0.25, 0.3) is 0 Å². The lowest BCUT2D eigenvalue weighted by molar-refractivity contribution is -0.0775. The number of nitrogens with one attached hydrogen (secondary N) is 1. The molecule has 0 aliphatic carbocycles. The van der Waals surface area contributed by atoms with E-state index >= 15 is 0 Å². The summed E-state index contributed by atoms with van der Waals surface area (Å²) in [6.45, 7) is 7.91. The molecule has 1 fully saturated rings. The predicted molar refractivity (Wildman–Crippen MR) is 67.9 cm³/mol. The van der Waals surface area contributed by atoms with Gasteiger partial charge in [-0.25, -0.2) is 0 Å². The Hall–Kier alpha value is -0.160. The van der Waals surface area contributed by atoms with Gasteiger partial charge < -0.3 is 20.3 Å². The lowest BCUT2D eigenvalue weighted by Crippen LogP contribution is -2.43. The minimum atomic E-state index is -0.790. The fraction of sp³-hybridized carbons (Fsp3) is 1.00. The first kappa shape index (κ1) is 14.9. The predicted octanol–water partition coefficient (Wildman–Crippen LogP) is 0.913. The van der Waals surface area contributed by atoms with E-state index in [1.54, 1.807) is 0 Å². The van der Waals surface area contributed by atoms with Crippen LogP contribution in [-0.4, -0.2) is 47.7 Å². The summed E-state index contributed by atoms with van der Waals surface area (Å²) < 4.78 is 5.29. The third-order valence-electron chi connectivity index (χ3n) is 3.51. The second-order valence-electron chi connectivity index (χ2n) is 5.66. The maximum Gasteiger partial charge on any atom is 0.0692 e. The first-order chi connectivity index (χ1) is 7.92. The smallest absolute Gasteiger partial charge is 0.0692 e. The summed E-state index contributed by atoms with van der Waals surface area (Å²) in [6, 6.07) is 0.359. The van der Waals surface area contributed by atoms with Gasteiger partial charge in [-0.3, -0.25) is 0 Å². The highest BCUT2D eigenvalue weighted by atomic mass is 16.5. The highest BCUT2D eigenvalue weighted by Crippen LogP contribution is 2.30. The molecule has 0 radical (unpaired) electrons. The number of hydrogen-bond donors (Lipinski definition) is 3. The van der Waals surface area contributed by atoms with E-state index in [4.69, 9.17) is 4.74 Å². The van der Waals surface area contributed by atoms with E-state index in [1.165, 1.54) is 0 Å². The van der Waals surface area contributed by atoms with Gasteiger partial charge in [0.15, 0.2) is 0 Å². The zero-order valence-corrected chi connectivity index (χ0v) is 11.3. The number of aliphatic hydroxyl groups excluding tert-OH is 1. The van der Waals surface area contributed by atoms with Crippen molar-refractivity contribution in [3.05, 3.63) is 0 Å². The Balaban J connectivity index is 2.35. The normalized spacial score (nSPS) is 23.6. The van der Waals surface area contributed by atoms with E-state index in [1.807, 2.05) is 20.8 Å². The summed E-state index contributed by atoms with van der Waals surface area (Å²) in [7, 11) is 0. The molecule has 1 heterocycles. The number of aliphatic hydroxyl groups is 2. The molecule has 0 aromatic rings. The molecule has 1 saturated heterocycles. The molecule has 0 unspecified atom stereocenters. The SMILES string of the molecule is CC(C)NC[C@@H](O)C[C@](C)(O)C1CCOCC1. The standard InChI is InChI=1S/C13H27NO3/c1-10(2)14-9-12(15)8-13(3,16)11-4-6-17-7-5-11/h10-12,14-16H,4-9H2,1-3H3/t12-,13-/m0/s1. The largest absolute Gasteiger partial charge is 0.392 e. The van der Waals surface area contributed by atoms with Gasteiger partial charge in [0.2, 0.25) is 0 Å². The zero-order valence-electron chi connectivity index (χ0n) is 11.3. The molecular weight excluding hydrogens is 218 g/mol. The summed E-state index contributed by atoms with van der Waals surface area (Å²) in [4.78, 5) is 0. The van der Waals surface area contributed by atoms with E-state index in [9.17, 15) is 10.2 Å². The molecule has 1 rings (SSSR count). The third-order valence-corrected chi connectivity index (χ3v) is 3.51. The number of ether oxygens (including phenoxy) is 1. The van der Waals surface area contributed by atoms with Gasteiger partial charge in [-0.15, -0.1) is 0 Å². The first-order valence-electron chi connectivity index (χ1n) is 6.63. The van der Waals surface area contributed by atoms with Gasteiger partial charge in [-0.05, 0) is 25.7 Å². The van der Waals surface area contributed by atoms with Crippen molar-refractivity contribution in [3.63, 3.8) is 0 Å². The monoisotopic (exact) mass is 245 g/mol. The van der Waals surface area contributed by atoms with Gasteiger partial charge in [0, 0.05) is 32.2 Å². The lowest BCUT2D eigenvalue weighted by Gasteiger charge is -2.37. The quantitative estimate of drug-likeness (QED) is 0.651. The molecule has 0 bridgehead atoms. The highest BCUT2D eigenvalue weighted by Gasteiger charge is 2.34. The molecule has 1 aliphatic heterocycles. The first-order valence-corrected chi connectivity index (χ1v) is 6.63. The van der Waals surface area contributed by atoms with Crippen LogP contribution in [-0.2, 0) is 4.74 Å². The number of hydrogen-bond acceptors (Lipinski definition) is 4. The molecule has 3 N–H and O–H groups in total. The lowest BCUT2D eigenvalue weighted by atomic mass is 9.79.